The van der Waals surface area contributed by atoms with Crippen molar-refractivity contribution in [2.24, 2.45) is 7.05 Å². The van der Waals surface area contributed by atoms with E-state index in [-0.39, 0.29) is 6.04 Å². The lowest BCUT2D eigenvalue weighted by Crippen LogP contribution is -2.45. The first-order valence-electron chi connectivity index (χ1n) is 10.3. The average molecular weight is 366 g/mol. The second-order valence-electron chi connectivity index (χ2n) is 8.33. The lowest BCUT2D eigenvalue weighted by atomic mass is 9.90. The van der Waals surface area contributed by atoms with Gasteiger partial charge >= 0.3 is 0 Å². The van der Waals surface area contributed by atoms with Gasteiger partial charge in [-0.3, -0.25) is 4.79 Å². The average Bonchev–Trinajstić information content (AvgIpc) is 3.30. The molecule has 144 valence electrons. The molecule has 1 aromatic heterocycles. The standard InChI is InChI=1S/C23H31N3O/c1-17-6-8-19(9-7-17)22-18(2)15-24(3)23(22)21-14-20(10-13-26(21)16-27)25-11-4-5-12-25/h6-9,15-16,20-21H,4-5,10-14H2,1-3H3. The van der Waals surface area contributed by atoms with Crippen molar-refractivity contribution in [1.29, 1.82) is 0 Å². The molecule has 0 N–H and O–H groups in total. The summed E-state index contributed by atoms with van der Waals surface area (Å²) < 4.78 is 2.25. The van der Waals surface area contributed by atoms with E-state index in [1.54, 1.807) is 0 Å². The predicted molar refractivity (Wildman–Crippen MR) is 110 cm³/mol. The Hall–Kier alpha value is -2.07. The molecule has 4 rings (SSSR count). The van der Waals surface area contributed by atoms with Crippen molar-refractivity contribution in [3.05, 3.63) is 47.3 Å². The van der Waals surface area contributed by atoms with E-state index in [0.29, 0.717) is 6.04 Å². The fourth-order valence-electron chi connectivity index (χ4n) is 5.10. The SMILES string of the molecule is Cc1ccc(-c2c(C)cn(C)c2C2CC(N3CCCC3)CCN2C=O)cc1. The smallest absolute Gasteiger partial charge is 0.210 e. The number of likely N-dealkylation sites (tertiary alicyclic amines) is 2. The van der Waals surface area contributed by atoms with Crippen LogP contribution in [0.5, 0.6) is 0 Å². The van der Waals surface area contributed by atoms with Gasteiger partial charge in [-0.05, 0) is 63.7 Å². The molecule has 0 aliphatic carbocycles. The second kappa shape index (κ2) is 7.51. The maximum atomic E-state index is 11.9. The minimum absolute atomic E-state index is 0.150. The van der Waals surface area contributed by atoms with Crippen LogP contribution in [0.15, 0.2) is 30.5 Å². The van der Waals surface area contributed by atoms with E-state index in [2.05, 4.69) is 60.8 Å². The monoisotopic (exact) mass is 365 g/mol. The van der Waals surface area contributed by atoms with Gasteiger partial charge in [0.05, 0.1) is 6.04 Å². The first-order valence-corrected chi connectivity index (χ1v) is 10.3. The number of amides is 1. The van der Waals surface area contributed by atoms with Crippen molar-refractivity contribution in [3.8, 4) is 11.1 Å². The highest BCUT2D eigenvalue weighted by Crippen LogP contribution is 2.40. The van der Waals surface area contributed by atoms with Crippen LogP contribution in [-0.2, 0) is 11.8 Å². The molecule has 2 unspecified atom stereocenters. The van der Waals surface area contributed by atoms with Gasteiger partial charge < -0.3 is 14.4 Å². The molecule has 2 saturated heterocycles. The van der Waals surface area contributed by atoms with Gasteiger partial charge in [0.15, 0.2) is 0 Å². The summed E-state index contributed by atoms with van der Waals surface area (Å²) in [4.78, 5) is 16.6. The van der Waals surface area contributed by atoms with Gasteiger partial charge in [-0.15, -0.1) is 0 Å². The maximum absolute atomic E-state index is 11.9. The molecule has 27 heavy (non-hydrogen) atoms. The zero-order valence-corrected chi connectivity index (χ0v) is 16.8. The van der Waals surface area contributed by atoms with Crippen molar-refractivity contribution >= 4 is 6.41 Å². The number of hydrogen-bond acceptors (Lipinski definition) is 2. The quantitative estimate of drug-likeness (QED) is 0.764. The van der Waals surface area contributed by atoms with Gasteiger partial charge in [-0.25, -0.2) is 0 Å². The van der Waals surface area contributed by atoms with E-state index in [0.717, 1.165) is 25.8 Å². The molecule has 2 aliphatic rings. The Morgan fingerprint density at radius 1 is 1.04 bits per heavy atom. The van der Waals surface area contributed by atoms with Crippen LogP contribution in [0.25, 0.3) is 11.1 Å². The normalized spacial score (nSPS) is 23.7. The highest BCUT2D eigenvalue weighted by Gasteiger charge is 2.35. The van der Waals surface area contributed by atoms with E-state index in [9.17, 15) is 4.79 Å². The second-order valence-corrected chi connectivity index (χ2v) is 8.33. The molecule has 2 atom stereocenters. The first kappa shape index (κ1) is 18.3. The van der Waals surface area contributed by atoms with Gasteiger partial charge in [0.25, 0.3) is 0 Å². The fourth-order valence-corrected chi connectivity index (χ4v) is 5.10. The largest absolute Gasteiger partial charge is 0.352 e. The first-order chi connectivity index (χ1) is 13.1. The van der Waals surface area contributed by atoms with E-state index >= 15 is 0 Å². The number of nitrogens with zero attached hydrogens (tertiary/aromatic N) is 3. The minimum atomic E-state index is 0.150. The Kier molecular flexibility index (Phi) is 5.09. The third-order valence-electron chi connectivity index (χ3n) is 6.48. The van der Waals surface area contributed by atoms with Crippen LogP contribution in [0, 0.1) is 13.8 Å². The zero-order chi connectivity index (χ0) is 19.0. The summed E-state index contributed by atoms with van der Waals surface area (Å²) in [5, 5.41) is 0. The van der Waals surface area contributed by atoms with E-state index in [4.69, 9.17) is 0 Å². The van der Waals surface area contributed by atoms with E-state index in [1.807, 2.05) is 4.90 Å². The Morgan fingerprint density at radius 2 is 1.74 bits per heavy atom. The number of aromatic nitrogens is 1. The molecule has 0 saturated carbocycles. The number of hydrogen-bond donors (Lipinski definition) is 0. The summed E-state index contributed by atoms with van der Waals surface area (Å²) >= 11 is 0. The molecular formula is C23H31N3O. The van der Waals surface area contributed by atoms with Crippen molar-refractivity contribution in [1.82, 2.24) is 14.4 Å². The maximum Gasteiger partial charge on any atom is 0.210 e. The number of carbonyl (C=O) groups excluding carboxylic acids is 1. The molecule has 0 bridgehead atoms. The Morgan fingerprint density at radius 3 is 2.41 bits per heavy atom. The Labute approximate surface area is 162 Å². The molecule has 4 heteroatoms. The molecular weight excluding hydrogens is 334 g/mol. The van der Waals surface area contributed by atoms with Gasteiger partial charge in [0.1, 0.15) is 0 Å². The third kappa shape index (κ3) is 3.43. The summed E-state index contributed by atoms with van der Waals surface area (Å²) in [6, 6.07) is 9.53. The van der Waals surface area contributed by atoms with E-state index in [1.165, 1.54) is 53.9 Å². The zero-order valence-electron chi connectivity index (χ0n) is 16.8. The van der Waals surface area contributed by atoms with Crippen LogP contribution >= 0.6 is 0 Å². The predicted octanol–water partition coefficient (Wildman–Crippen LogP) is 4.07. The Balaban J connectivity index is 1.73. The number of carbonyl (C=O) groups is 1. The van der Waals surface area contributed by atoms with Crippen LogP contribution in [0.2, 0.25) is 0 Å². The van der Waals surface area contributed by atoms with Crippen LogP contribution < -0.4 is 0 Å². The number of benzene rings is 1. The summed E-state index contributed by atoms with van der Waals surface area (Å²) in [5.41, 5.74) is 6.40. The number of rotatable bonds is 4. The highest BCUT2D eigenvalue weighted by molar-refractivity contribution is 5.71. The van der Waals surface area contributed by atoms with Gasteiger partial charge in [0.2, 0.25) is 6.41 Å². The van der Waals surface area contributed by atoms with Gasteiger partial charge in [-0.2, -0.15) is 0 Å². The lowest BCUT2D eigenvalue weighted by molar-refractivity contribution is -0.122. The molecule has 0 spiro atoms. The molecule has 4 nitrogen and oxygen atoms in total. The van der Waals surface area contributed by atoms with Crippen LogP contribution in [0.1, 0.15) is 48.5 Å². The molecule has 2 aromatic rings. The Bertz CT molecular complexity index is 802. The summed E-state index contributed by atoms with van der Waals surface area (Å²) in [7, 11) is 2.13. The topological polar surface area (TPSA) is 28.5 Å². The van der Waals surface area contributed by atoms with Crippen molar-refractivity contribution in [2.45, 2.75) is 51.6 Å². The molecule has 1 aromatic carbocycles. The van der Waals surface area contributed by atoms with Crippen LogP contribution in [-0.4, -0.2) is 46.5 Å². The highest BCUT2D eigenvalue weighted by atomic mass is 16.1. The van der Waals surface area contributed by atoms with Crippen molar-refractivity contribution < 1.29 is 4.79 Å². The van der Waals surface area contributed by atoms with E-state index < -0.39 is 0 Å². The van der Waals surface area contributed by atoms with Gasteiger partial charge in [-0.1, -0.05) is 29.8 Å². The third-order valence-corrected chi connectivity index (χ3v) is 6.48. The molecule has 3 heterocycles. The van der Waals surface area contributed by atoms with Gasteiger partial charge in [0, 0.05) is 37.1 Å². The minimum Gasteiger partial charge on any atom is -0.352 e. The summed E-state index contributed by atoms with van der Waals surface area (Å²) in [5.74, 6) is 0. The summed E-state index contributed by atoms with van der Waals surface area (Å²) in [6.07, 6.45) is 8.04. The molecule has 2 aliphatic heterocycles. The van der Waals surface area contributed by atoms with Crippen LogP contribution in [0.3, 0.4) is 0 Å². The number of aryl methyl sites for hydroxylation is 3. The van der Waals surface area contributed by atoms with Crippen molar-refractivity contribution in [3.63, 3.8) is 0 Å². The molecule has 1 amide bonds. The lowest BCUT2D eigenvalue weighted by Gasteiger charge is -2.41. The van der Waals surface area contributed by atoms with Crippen LogP contribution in [0.4, 0.5) is 0 Å². The number of piperidine rings is 1. The summed E-state index contributed by atoms with van der Waals surface area (Å²) in [6.45, 7) is 7.60. The molecule has 0 radical (unpaired) electrons. The fraction of sp³-hybridized carbons (Fsp3) is 0.522. The molecule has 2 fully saturated rings. The van der Waals surface area contributed by atoms with Crippen molar-refractivity contribution in [2.75, 3.05) is 19.6 Å².